The maximum absolute atomic E-state index is 12.4. The lowest BCUT2D eigenvalue weighted by molar-refractivity contribution is 0.0951. The molecular formula is C15H20N4OS. The zero-order chi connectivity index (χ0) is 15.4. The maximum atomic E-state index is 12.4. The average Bonchev–Trinajstić information content (AvgIpc) is 2.92. The van der Waals surface area contributed by atoms with E-state index in [1.165, 1.54) is 4.88 Å². The fraction of sp³-hybridized carbons (Fsp3) is 0.333. The number of benzene rings is 1. The fourth-order valence-corrected chi connectivity index (χ4v) is 2.77. The van der Waals surface area contributed by atoms with Gasteiger partial charge in [-0.25, -0.2) is 4.98 Å². The predicted octanol–water partition coefficient (Wildman–Crippen LogP) is 2.28. The molecule has 0 fully saturated rings. The van der Waals surface area contributed by atoms with Crippen LogP contribution in [-0.2, 0) is 13.0 Å². The summed E-state index contributed by atoms with van der Waals surface area (Å²) >= 11 is 1.62. The Morgan fingerprint density at radius 3 is 2.81 bits per heavy atom. The number of carbonyl (C=O) groups excluding carboxylic acids is 1. The van der Waals surface area contributed by atoms with Crippen molar-refractivity contribution in [1.29, 1.82) is 0 Å². The van der Waals surface area contributed by atoms with E-state index in [9.17, 15) is 4.79 Å². The number of thiazole rings is 1. The van der Waals surface area contributed by atoms with Crippen molar-refractivity contribution in [1.82, 2.24) is 10.3 Å². The molecule has 1 amide bonds. The summed E-state index contributed by atoms with van der Waals surface area (Å²) in [6.07, 6.45) is 2.82. The molecule has 0 atom stereocenters. The summed E-state index contributed by atoms with van der Waals surface area (Å²) < 4.78 is 0. The molecule has 2 aromatic rings. The van der Waals surface area contributed by atoms with E-state index in [0.717, 1.165) is 17.1 Å². The van der Waals surface area contributed by atoms with Gasteiger partial charge in [0.15, 0.2) is 0 Å². The van der Waals surface area contributed by atoms with Crippen LogP contribution < -0.4 is 16.0 Å². The Kier molecular flexibility index (Phi) is 4.80. The number of nitrogens with two attached hydrogens (primary N) is 1. The van der Waals surface area contributed by atoms with Crippen LogP contribution in [0.15, 0.2) is 24.4 Å². The van der Waals surface area contributed by atoms with Gasteiger partial charge in [-0.2, -0.15) is 0 Å². The summed E-state index contributed by atoms with van der Waals surface area (Å²) in [6.45, 7) is 2.52. The number of amides is 1. The van der Waals surface area contributed by atoms with Gasteiger partial charge in [-0.05, 0) is 24.6 Å². The minimum Gasteiger partial charge on any atom is -0.399 e. The maximum Gasteiger partial charge on any atom is 0.253 e. The molecular weight excluding hydrogens is 284 g/mol. The summed E-state index contributed by atoms with van der Waals surface area (Å²) in [5, 5.41) is 3.81. The Hall–Kier alpha value is -2.08. The number of aryl methyl sites for hydroxylation is 1. The van der Waals surface area contributed by atoms with E-state index in [4.69, 9.17) is 5.73 Å². The molecule has 0 spiro atoms. The predicted molar refractivity (Wildman–Crippen MR) is 87.8 cm³/mol. The van der Waals surface area contributed by atoms with Crippen LogP contribution in [-0.4, -0.2) is 25.0 Å². The van der Waals surface area contributed by atoms with Crippen LogP contribution in [0.5, 0.6) is 0 Å². The number of anilines is 2. The second-order valence-corrected chi connectivity index (χ2v) is 6.13. The van der Waals surface area contributed by atoms with Crippen LogP contribution in [0.4, 0.5) is 11.4 Å². The first-order valence-electron chi connectivity index (χ1n) is 6.80. The second-order valence-electron chi connectivity index (χ2n) is 4.93. The summed E-state index contributed by atoms with van der Waals surface area (Å²) in [7, 11) is 3.80. The van der Waals surface area contributed by atoms with Crippen molar-refractivity contribution in [3.8, 4) is 0 Å². The molecule has 5 nitrogen and oxygen atoms in total. The second kappa shape index (κ2) is 6.58. The fourth-order valence-electron chi connectivity index (χ4n) is 1.97. The van der Waals surface area contributed by atoms with Crippen LogP contribution in [0, 0.1) is 0 Å². The van der Waals surface area contributed by atoms with Crippen molar-refractivity contribution in [2.45, 2.75) is 19.9 Å². The highest BCUT2D eigenvalue weighted by molar-refractivity contribution is 7.11. The monoisotopic (exact) mass is 304 g/mol. The third-order valence-corrected chi connectivity index (χ3v) is 4.24. The quantitative estimate of drug-likeness (QED) is 0.831. The molecule has 0 aliphatic heterocycles. The minimum absolute atomic E-state index is 0.140. The average molecular weight is 304 g/mol. The molecule has 0 saturated heterocycles. The first-order valence-corrected chi connectivity index (χ1v) is 7.61. The molecule has 1 aromatic heterocycles. The lowest BCUT2D eigenvalue weighted by Crippen LogP contribution is -2.25. The SMILES string of the molecule is CCc1cnc(CNC(=O)c2cc(N)ccc2N(C)C)s1. The standard InChI is InChI=1S/C15H20N4OS/c1-4-11-8-17-14(21-11)9-18-15(20)12-7-10(16)5-6-13(12)19(2)3/h5-8H,4,9,16H2,1-3H3,(H,18,20). The Morgan fingerprint density at radius 2 is 2.19 bits per heavy atom. The topological polar surface area (TPSA) is 71.2 Å². The number of aromatic nitrogens is 1. The molecule has 3 N–H and O–H groups in total. The number of nitrogens with zero attached hydrogens (tertiary/aromatic N) is 2. The number of nitrogens with one attached hydrogen (secondary N) is 1. The number of rotatable bonds is 5. The van der Waals surface area contributed by atoms with Crippen molar-refractivity contribution in [2.75, 3.05) is 24.7 Å². The van der Waals surface area contributed by atoms with Crippen molar-refractivity contribution in [2.24, 2.45) is 0 Å². The zero-order valence-corrected chi connectivity index (χ0v) is 13.3. The number of carbonyl (C=O) groups is 1. The van der Waals surface area contributed by atoms with Gasteiger partial charge >= 0.3 is 0 Å². The number of hydrogen-bond donors (Lipinski definition) is 2. The summed E-state index contributed by atoms with van der Waals surface area (Å²) in [4.78, 5) is 19.8. The van der Waals surface area contributed by atoms with Crippen molar-refractivity contribution in [3.05, 3.63) is 39.8 Å². The van der Waals surface area contributed by atoms with Crippen molar-refractivity contribution in [3.63, 3.8) is 0 Å². The largest absolute Gasteiger partial charge is 0.399 e. The molecule has 1 aromatic carbocycles. The molecule has 112 valence electrons. The van der Waals surface area contributed by atoms with Gasteiger partial charge in [-0.3, -0.25) is 4.79 Å². The smallest absolute Gasteiger partial charge is 0.253 e. The molecule has 0 aliphatic rings. The Balaban J connectivity index is 2.11. The Labute approximate surface area is 128 Å². The van der Waals surface area contributed by atoms with E-state index in [1.54, 1.807) is 23.5 Å². The van der Waals surface area contributed by atoms with E-state index in [0.29, 0.717) is 17.8 Å². The molecule has 21 heavy (non-hydrogen) atoms. The lowest BCUT2D eigenvalue weighted by atomic mass is 10.1. The first kappa shape index (κ1) is 15.3. The van der Waals surface area contributed by atoms with Crippen molar-refractivity contribution >= 4 is 28.6 Å². The molecule has 0 unspecified atom stereocenters. The van der Waals surface area contributed by atoms with E-state index >= 15 is 0 Å². The van der Waals surface area contributed by atoms with Crippen LogP contribution in [0.1, 0.15) is 27.2 Å². The van der Waals surface area contributed by atoms with Gasteiger partial charge in [-0.1, -0.05) is 6.92 Å². The molecule has 6 heteroatoms. The molecule has 0 radical (unpaired) electrons. The third-order valence-electron chi connectivity index (χ3n) is 3.10. The summed E-state index contributed by atoms with van der Waals surface area (Å²) in [6, 6.07) is 5.34. The number of hydrogen-bond acceptors (Lipinski definition) is 5. The summed E-state index contributed by atoms with van der Waals surface area (Å²) in [5.74, 6) is -0.140. The lowest BCUT2D eigenvalue weighted by Gasteiger charge is -2.17. The van der Waals surface area contributed by atoms with Gasteiger partial charge in [0, 0.05) is 36.5 Å². The molecule has 0 saturated carbocycles. The third kappa shape index (κ3) is 3.72. The highest BCUT2D eigenvalue weighted by Gasteiger charge is 2.13. The van der Waals surface area contributed by atoms with E-state index < -0.39 is 0 Å². The van der Waals surface area contributed by atoms with Crippen LogP contribution in [0.2, 0.25) is 0 Å². The minimum atomic E-state index is -0.140. The van der Waals surface area contributed by atoms with E-state index in [2.05, 4.69) is 17.2 Å². The number of nitrogen functional groups attached to an aromatic ring is 1. The van der Waals surface area contributed by atoms with Crippen LogP contribution >= 0.6 is 11.3 Å². The zero-order valence-electron chi connectivity index (χ0n) is 12.5. The van der Waals surface area contributed by atoms with Gasteiger partial charge in [0.1, 0.15) is 5.01 Å². The molecule has 2 rings (SSSR count). The highest BCUT2D eigenvalue weighted by atomic mass is 32.1. The van der Waals surface area contributed by atoms with Gasteiger partial charge in [0.2, 0.25) is 0 Å². The Morgan fingerprint density at radius 1 is 1.43 bits per heavy atom. The van der Waals surface area contributed by atoms with Gasteiger partial charge < -0.3 is 16.0 Å². The molecule has 0 aliphatic carbocycles. The summed E-state index contributed by atoms with van der Waals surface area (Å²) in [5.41, 5.74) is 7.78. The van der Waals surface area contributed by atoms with Gasteiger partial charge in [0.25, 0.3) is 5.91 Å². The Bertz CT molecular complexity index is 636. The van der Waals surface area contributed by atoms with Crippen LogP contribution in [0.3, 0.4) is 0 Å². The molecule has 1 heterocycles. The first-order chi connectivity index (χ1) is 10.0. The van der Waals surface area contributed by atoms with Crippen LogP contribution in [0.25, 0.3) is 0 Å². The van der Waals surface area contributed by atoms with Crippen molar-refractivity contribution < 1.29 is 4.79 Å². The van der Waals surface area contributed by atoms with Gasteiger partial charge in [-0.15, -0.1) is 11.3 Å². The normalized spacial score (nSPS) is 10.4. The van der Waals surface area contributed by atoms with E-state index in [-0.39, 0.29) is 5.91 Å². The highest BCUT2D eigenvalue weighted by Crippen LogP contribution is 2.21. The van der Waals surface area contributed by atoms with Gasteiger partial charge in [0.05, 0.1) is 12.1 Å². The van der Waals surface area contributed by atoms with E-state index in [1.807, 2.05) is 31.3 Å². The molecule has 0 bridgehead atoms.